The van der Waals surface area contributed by atoms with E-state index in [0.29, 0.717) is 13.0 Å². The number of benzene rings is 1. The van der Waals surface area contributed by atoms with Crippen molar-refractivity contribution in [2.24, 2.45) is 0 Å². The maximum absolute atomic E-state index is 13.4. The molecule has 1 fully saturated rings. The summed E-state index contributed by atoms with van der Waals surface area (Å²) in [5, 5.41) is 3.28. The lowest BCUT2D eigenvalue weighted by Crippen LogP contribution is -2.46. The molecule has 0 aliphatic carbocycles. The van der Waals surface area contributed by atoms with Crippen LogP contribution in [0.1, 0.15) is 26.2 Å². The van der Waals surface area contributed by atoms with E-state index < -0.39 is 15.8 Å². The molecule has 0 saturated carbocycles. The summed E-state index contributed by atoms with van der Waals surface area (Å²) < 4.78 is 40.6. The number of hydrogen-bond donors (Lipinski definition) is 1. The van der Waals surface area contributed by atoms with Gasteiger partial charge >= 0.3 is 0 Å². The fraction of sp³-hybridized carbons (Fsp3) is 0.571. The molecular weight excluding hydrogens is 315 g/mol. The molecule has 0 unspecified atom stereocenters. The molecule has 21 heavy (non-hydrogen) atoms. The second-order valence-electron chi connectivity index (χ2n) is 5.17. The first-order valence-corrected chi connectivity index (χ1v) is 8.96. The van der Waals surface area contributed by atoms with Gasteiger partial charge in [0, 0.05) is 12.6 Å². The normalized spacial score (nSPS) is 17.3. The van der Waals surface area contributed by atoms with E-state index in [1.807, 2.05) is 6.92 Å². The van der Waals surface area contributed by atoms with Crippen molar-refractivity contribution in [1.29, 1.82) is 0 Å². The molecule has 0 amide bonds. The molecule has 118 valence electrons. The van der Waals surface area contributed by atoms with Crippen molar-refractivity contribution in [1.82, 2.24) is 9.62 Å². The van der Waals surface area contributed by atoms with Crippen LogP contribution in [-0.2, 0) is 10.0 Å². The number of nitrogens with one attached hydrogen (secondary N) is 1. The van der Waals surface area contributed by atoms with Gasteiger partial charge in [-0.25, -0.2) is 12.8 Å². The summed E-state index contributed by atoms with van der Waals surface area (Å²) in [7, 11) is -3.78. The van der Waals surface area contributed by atoms with Crippen LogP contribution < -0.4 is 5.32 Å². The second-order valence-corrected chi connectivity index (χ2v) is 7.44. The topological polar surface area (TPSA) is 49.4 Å². The highest BCUT2D eigenvalue weighted by Crippen LogP contribution is 2.28. The molecule has 1 heterocycles. The molecule has 1 aromatic rings. The van der Waals surface area contributed by atoms with Crippen molar-refractivity contribution in [3.63, 3.8) is 0 Å². The molecule has 0 spiro atoms. The molecule has 1 aliphatic rings. The zero-order valence-electron chi connectivity index (χ0n) is 12.0. The number of hydrogen-bond acceptors (Lipinski definition) is 3. The van der Waals surface area contributed by atoms with E-state index in [9.17, 15) is 12.8 Å². The SMILES string of the molecule is CCCN(C1CCNCC1)S(=O)(=O)c1cc(F)ccc1Cl. The van der Waals surface area contributed by atoms with Crippen molar-refractivity contribution in [3.05, 3.63) is 29.0 Å². The number of rotatable bonds is 5. The third-order valence-electron chi connectivity index (χ3n) is 3.64. The highest BCUT2D eigenvalue weighted by atomic mass is 35.5. The van der Waals surface area contributed by atoms with Gasteiger partial charge in [-0.3, -0.25) is 0 Å². The quantitative estimate of drug-likeness (QED) is 0.900. The van der Waals surface area contributed by atoms with Crippen LogP contribution in [0.2, 0.25) is 5.02 Å². The number of piperidine rings is 1. The fourth-order valence-corrected chi connectivity index (χ4v) is 4.88. The lowest BCUT2D eigenvalue weighted by molar-refractivity contribution is 0.262. The van der Waals surface area contributed by atoms with Gasteiger partial charge in [0.15, 0.2) is 0 Å². The highest BCUT2D eigenvalue weighted by molar-refractivity contribution is 7.89. The van der Waals surface area contributed by atoms with Gasteiger partial charge in [-0.1, -0.05) is 18.5 Å². The maximum Gasteiger partial charge on any atom is 0.244 e. The molecule has 7 heteroatoms. The Hall–Kier alpha value is -0.690. The van der Waals surface area contributed by atoms with Crippen molar-refractivity contribution < 1.29 is 12.8 Å². The average Bonchev–Trinajstić information content (AvgIpc) is 2.48. The van der Waals surface area contributed by atoms with Gasteiger partial charge in [-0.05, 0) is 50.6 Å². The lowest BCUT2D eigenvalue weighted by Gasteiger charge is -2.33. The van der Waals surface area contributed by atoms with E-state index in [0.717, 1.165) is 38.1 Å². The predicted octanol–water partition coefficient (Wildman–Crippen LogP) is 2.63. The molecule has 1 N–H and O–H groups in total. The minimum atomic E-state index is -3.78. The Labute approximate surface area is 130 Å². The molecule has 0 radical (unpaired) electrons. The molecule has 4 nitrogen and oxygen atoms in total. The van der Waals surface area contributed by atoms with Gasteiger partial charge in [0.05, 0.1) is 5.02 Å². The van der Waals surface area contributed by atoms with Crippen LogP contribution in [0, 0.1) is 5.82 Å². The lowest BCUT2D eigenvalue weighted by atomic mass is 10.1. The summed E-state index contributed by atoms with van der Waals surface area (Å²) in [5.41, 5.74) is 0. The van der Waals surface area contributed by atoms with Crippen LogP contribution in [0.4, 0.5) is 4.39 Å². The maximum atomic E-state index is 13.4. The van der Waals surface area contributed by atoms with E-state index in [2.05, 4.69) is 5.32 Å². The van der Waals surface area contributed by atoms with Gasteiger partial charge < -0.3 is 5.32 Å². The Morgan fingerprint density at radius 2 is 2.05 bits per heavy atom. The zero-order valence-corrected chi connectivity index (χ0v) is 13.6. The molecule has 2 rings (SSSR count). The van der Waals surface area contributed by atoms with Crippen LogP contribution in [0.15, 0.2) is 23.1 Å². The smallest absolute Gasteiger partial charge is 0.244 e. The first kappa shape index (κ1) is 16.7. The first-order valence-electron chi connectivity index (χ1n) is 7.14. The van der Waals surface area contributed by atoms with E-state index in [-0.39, 0.29) is 16.0 Å². The van der Waals surface area contributed by atoms with Crippen LogP contribution >= 0.6 is 11.6 Å². The molecular formula is C14H20ClFN2O2S. The Balaban J connectivity index is 2.39. The summed E-state index contributed by atoms with van der Waals surface area (Å²) in [6.45, 7) is 3.92. The Kier molecular flexibility index (Phi) is 5.60. The van der Waals surface area contributed by atoms with Gasteiger partial charge in [0.1, 0.15) is 10.7 Å². The molecule has 1 saturated heterocycles. The van der Waals surface area contributed by atoms with E-state index in [1.165, 1.54) is 10.4 Å². The van der Waals surface area contributed by atoms with E-state index in [4.69, 9.17) is 11.6 Å². The number of halogens is 2. The van der Waals surface area contributed by atoms with Crippen molar-refractivity contribution in [2.45, 2.75) is 37.1 Å². The first-order chi connectivity index (χ1) is 9.96. The van der Waals surface area contributed by atoms with Gasteiger partial charge in [-0.2, -0.15) is 4.31 Å². The van der Waals surface area contributed by atoms with E-state index >= 15 is 0 Å². The summed E-state index contributed by atoms with van der Waals surface area (Å²) >= 11 is 5.98. The van der Waals surface area contributed by atoms with Crippen LogP contribution in [0.3, 0.4) is 0 Å². The number of nitrogens with zero attached hydrogens (tertiary/aromatic N) is 1. The largest absolute Gasteiger partial charge is 0.317 e. The zero-order chi connectivity index (χ0) is 15.5. The van der Waals surface area contributed by atoms with Gasteiger partial charge in [0.25, 0.3) is 0 Å². The van der Waals surface area contributed by atoms with Crippen molar-refractivity contribution in [3.8, 4) is 0 Å². The van der Waals surface area contributed by atoms with Crippen LogP contribution in [0.25, 0.3) is 0 Å². The molecule has 0 aromatic heterocycles. The third kappa shape index (κ3) is 3.74. The van der Waals surface area contributed by atoms with E-state index in [1.54, 1.807) is 0 Å². The average molecular weight is 335 g/mol. The third-order valence-corrected chi connectivity index (χ3v) is 6.07. The minimum Gasteiger partial charge on any atom is -0.317 e. The fourth-order valence-electron chi connectivity index (χ4n) is 2.62. The van der Waals surface area contributed by atoms with Crippen molar-refractivity contribution >= 4 is 21.6 Å². The summed E-state index contributed by atoms with van der Waals surface area (Å²) in [4.78, 5) is -0.142. The molecule has 0 atom stereocenters. The Morgan fingerprint density at radius 1 is 1.38 bits per heavy atom. The van der Waals surface area contributed by atoms with Crippen LogP contribution in [0.5, 0.6) is 0 Å². The Bertz CT molecular complexity index is 589. The molecule has 0 bridgehead atoms. The minimum absolute atomic E-state index is 0.0597. The second kappa shape index (κ2) is 7.05. The highest BCUT2D eigenvalue weighted by Gasteiger charge is 2.33. The van der Waals surface area contributed by atoms with Gasteiger partial charge in [0.2, 0.25) is 10.0 Å². The number of sulfonamides is 1. The van der Waals surface area contributed by atoms with Crippen LogP contribution in [-0.4, -0.2) is 38.4 Å². The Morgan fingerprint density at radius 3 is 2.67 bits per heavy atom. The standard InChI is InChI=1S/C14H20ClFN2O2S/c1-2-9-18(12-5-7-17-8-6-12)21(19,20)14-10-11(16)3-4-13(14)15/h3-4,10,12,17H,2,5-9H2,1H3. The summed E-state index contributed by atoms with van der Waals surface area (Å²) in [6.07, 6.45) is 2.22. The van der Waals surface area contributed by atoms with Gasteiger partial charge in [-0.15, -0.1) is 0 Å². The molecule has 1 aromatic carbocycles. The van der Waals surface area contributed by atoms with Crippen molar-refractivity contribution in [2.75, 3.05) is 19.6 Å². The summed E-state index contributed by atoms with van der Waals surface area (Å²) in [5.74, 6) is -0.597. The molecule has 1 aliphatic heterocycles. The summed E-state index contributed by atoms with van der Waals surface area (Å²) in [6, 6.07) is 3.39. The monoisotopic (exact) mass is 334 g/mol. The predicted molar refractivity (Wildman–Crippen MR) is 81.5 cm³/mol.